The van der Waals surface area contributed by atoms with Crippen molar-refractivity contribution in [2.75, 3.05) is 12.9 Å². The van der Waals surface area contributed by atoms with Crippen molar-refractivity contribution in [3.8, 4) is 5.75 Å². The molecule has 1 rings (SSSR count). The van der Waals surface area contributed by atoms with E-state index in [1.165, 1.54) is 0 Å². The third-order valence-corrected chi connectivity index (χ3v) is 2.64. The van der Waals surface area contributed by atoms with E-state index in [2.05, 4.69) is 0 Å². The van der Waals surface area contributed by atoms with Crippen molar-refractivity contribution < 1.29 is 14.6 Å². The van der Waals surface area contributed by atoms with Gasteiger partial charge in [-0.1, -0.05) is 12.1 Å². The molecule has 0 saturated heterocycles. The van der Waals surface area contributed by atoms with Gasteiger partial charge in [0.2, 0.25) is 0 Å². The summed E-state index contributed by atoms with van der Waals surface area (Å²) < 4.78 is 5.49. The highest BCUT2D eigenvalue weighted by molar-refractivity contribution is 7.98. The van der Waals surface area contributed by atoms with E-state index in [-0.39, 0.29) is 6.42 Å². The molecule has 0 unspecified atom stereocenters. The Morgan fingerprint density at radius 3 is 2.87 bits per heavy atom. The maximum absolute atomic E-state index is 10.3. The Morgan fingerprint density at radius 2 is 2.20 bits per heavy atom. The molecule has 0 amide bonds. The van der Waals surface area contributed by atoms with Gasteiger partial charge in [-0.2, -0.15) is 0 Å². The molecule has 0 spiro atoms. The second-order valence-corrected chi connectivity index (χ2v) is 3.84. The Kier molecular flexibility index (Phi) is 5.04. The summed E-state index contributed by atoms with van der Waals surface area (Å²) in [6.45, 7) is 0.448. The molecule has 0 aromatic heterocycles. The number of aliphatic carboxylic acids is 1. The van der Waals surface area contributed by atoms with Gasteiger partial charge >= 0.3 is 5.97 Å². The van der Waals surface area contributed by atoms with E-state index in [1.54, 1.807) is 11.8 Å². The first-order valence-electron chi connectivity index (χ1n) is 4.71. The van der Waals surface area contributed by atoms with Crippen LogP contribution in [0.15, 0.2) is 29.2 Å². The average molecular weight is 226 g/mol. The summed E-state index contributed by atoms with van der Waals surface area (Å²) in [5.41, 5.74) is 0. The van der Waals surface area contributed by atoms with Crippen molar-refractivity contribution in [2.24, 2.45) is 0 Å². The normalized spacial score (nSPS) is 9.93. The number of carbonyl (C=O) groups is 1. The number of carboxylic acids is 1. The Morgan fingerprint density at radius 1 is 1.47 bits per heavy atom. The van der Waals surface area contributed by atoms with Crippen LogP contribution in [0, 0.1) is 0 Å². The van der Waals surface area contributed by atoms with Gasteiger partial charge in [-0.3, -0.25) is 4.79 Å². The molecule has 0 saturated carbocycles. The lowest BCUT2D eigenvalue weighted by Gasteiger charge is -2.08. The van der Waals surface area contributed by atoms with Crippen LogP contribution in [0.5, 0.6) is 5.75 Å². The van der Waals surface area contributed by atoms with Crippen LogP contribution in [0.25, 0.3) is 0 Å². The highest BCUT2D eigenvalue weighted by Crippen LogP contribution is 2.26. The molecule has 0 aliphatic rings. The SMILES string of the molecule is CSc1ccccc1OCCCC(=O)O. The molecule has 0 atom stereocenters. The highest BCUT2D eigenvalue weighted by atomic mass is 32.2. The maximum Gasteiger partial charge on any atom is 0.303 e. The number of ether oxygens (including phenoxy) is 1. The molecule has 1 N–H and O–H groups in total. The predicted molar refractivity (Wildman–Crippen MR) is 60.6 cm³/mol. The van der Waals surface area contributed by atoms with Gasteiger partial charge in [0.05, 0.1) is 6.61 Å². The summed E-state index contributed by atoms with van der Waals surface area (Å²) in [6.07, 6.45) is 2.68. The molecule has 0 bridgehead atoms. The molecule has 82 valence electrons. The second-order valence-electron chi connectivity index (χ2n) is 3.00. The Balaban J connectivity index is 2.39. The fourth-order valence-electron chi connectivity index (χ4n) is 1.14. The highest BCUT2D eigenvalue weighted by Gasteiger charge is 2.01. The molecular formula is C11H14O3S. The third-order valence-electron chi connectivity index (χ3n) is 1.86. The van der Waals surface area contributed by atoms with Gasteiger partial charge in [0.25, 0.3) is 0 Å². The van der Waals surface area contributed by atoms with Gasteiger partial charge in [-0.05, 0) is 24.8 Å². The van der Waals surface area contributed by atoms with E-state index in [1.807, 2.05) is 30.5 Å². The Bertz CT molecular complexity index is 325. The molecule has 0 fully saturated rings. The minimum Gasteiger partial charge on any atom is -0.492 e. The lowest BCUT2D eigenvalue weighted by atomic mass is 10.3. The first kappa shape index (κ1) is 11.9. The quantitative estimate of drug-likeness (QED) is 0.598. The molecule has 4 heteroatoms. The van der Waals surface area contributed by atoms with Gasteiger partial charge in [0.15, 0.2) is 0 Å². The van der Waals surface area contributed by atoms with Crippen LogP contribution >= 0.6 is 11.8 Å². The maximum atomic E-state index is 10.3. The molecule has 0 heterocycles. The molecule has 3 nitrogen and oxygen atoms in total. The number of hydrogen-bond donors (Lipinski definition) is 1. The van der Waals surface area contributed by atoms with E-state index in [0.29, 0.717) is 13.0 Å². The van der Waals surface area contributed by atoms with Crippen molar-refractivity contribution in [3.63, 3.8) is 0 Å². The van der Waals surface area contributed by atoms with Crippen molar-refractivity contribution in [3.05, 3.63) is 24.3 Å². The van der Waals surface area contributed by atoms with Gasteiger partial charge in [-0.15, -0.1) is 11.8 Å². The molecule has 0 aliphatic heterocycles. The fraction of sp³-hybridized carbons (Fsp3) is 0.364. The topological polar surface area (TPSA) is 46.5 Å². The Labute approximate surface area is 93.4 Å². The van der Waals surface area contributed by atoms with Gasteiger partial charge in [0.1, 0.15) is 5.75 Å². The van der Waals surface area contributed by atoms with E-state index in [9.17, 15) is 4.79 Å². The zero-order valence-corrected chi connectivity index (χ0v) is 9.42. The van der Waals surface area contributed by atoms with Crippen molar-refractivity contribution in [1.82, 2.24) is 0 Å². The number of thioether (sulfide) groups is 1. The van der Waals surface area contributed by atoms with Crippen LogP contribution in [0.2, 0.25) is 0 Å². The van der Waals surface area contributed by atoms with Gasteiger partial charge < -0.3 is 9.84 Å². The number of rotatable bonds is 6. The molecule has 15 heavy (non-hydrogen) atoms. The van der Waals surface area contributed by atoms with Crippen LogP contribution in [0.3, 0.4) is 0 Å². The molecule has 1 aromatic carbocycles. The fourth-order valence-corrected chi connectivity index (χ4v) is 1.69. The molecule has 0 aliphatic carbocycles. The van der Waals surface area contributed by atoms with E-state index in [0.717, 1.165) is 10.6 Å². The summed E-state index contributed by atoms with van der Waals surface area (Å²) in [4.78, 5) is 11.4. The zero-order valence-electron chi connectivity index (χ0n) is 8.60. The Hall–Kier alpha value is -1.16. The van der Waals surface area contributed by atoms with Crippen molar-refractivity contribution in [2.45, 2.75) is 17.7 Å². The number of hydrogen-bond acceptors (Lipinski definition) is 3. The lowest BCUT2D eigenvalue weighted by Crippen LogP contribution is -2.02. The van der Waals surface area contributed by atoms with Crippen LogP contribution in [-0.2, 0) is 4.79 Å². The molecule has 0 radical (unpaired) electrons. The van der Waals surface area contributed by atoms with Gasteiger partial charge in [-0.25, -0.2) is 0 Å². The number of para-hydroxylation sites is 1. The largest absolute Gasteiger partial charge is 0.492 e. The van der Waals surface area contributed by atoms with Crippen LogP contribution < -0.4 is 4.74 Å². The number of benzene rings is 1. The van der Waals surface area contributed by atoms with Crippen molar-refractivity contribution >= 4 is 17.7 Å². The zero-order chi connectivity index (χ0) is 11.1. The minimum absolute atomic E-state index is 0.154. The van der Waals surface area contributed by atoms with Gasteiger partial charge in [0, 0.05) is 11.3 Å². The standard InChI is InChI=1S/C11H14O3S/c1-15-10-6-3-2-5-9(10)14-8-4-7-11(12)13/h2-3,5-6H,4,7-8H2,1H3,(H,12,13). The third kappa shape index (κ3) is 4.25. The summed E-state index contributed by atoms with van der Waals surface area (Å²) in [5.74, 6) is 0.0483. The summed E-state index contributed by atoms with van der Waals surface area (Å²) in [6, 6.07) is 7.74. The number of carboxylic acid groups (broad SMARTS) is 1. The summed E-state index contributed by atoms with van der Waals surface area (Å²) in [7, 11) is 0. The smallest absolute Gasteiger partial charge is 0.303 e. The first-order chi connectivity index (χ1) is 7.24. The average Bonchev–Trinajstić information content (AvgIpc) is 2.24. The van der Waals surface area contributed by atoms with Crippen LogP contribution in [0.1, 0.15) is 12.8 Å². The van der Waals surface area contributed by atoms with Crippen molar-refractivity contribution in [1.29, 1.82) is 0 Å². The van der Waals surface area contributed by atoms with E-state index >= 15 is 0 Å². The monoisotopic (exact) mass is 226 g/mol. The second kappa shape index (κ2) is 6.35. The lowest BCUT2D eigenvalue weighted by molar-refractivity contribution is -0.137. The summed E-state index contributed by atoms with van der Waals surface area (Å²) >= 11 is 1.62. The van der Waals surface area contributed by atoms with Crippen LogP contribution in [-0.4, -0.2) is 23.9 Å². The van der Waals surface area contributed by atoms with E-state index in [4.69, 9.17) is 9.84 Å². The minimum atomic E-state index is -0.781. The predicted octanol–water partition coefficient (Wildman–Crippen LogP) is 2.65. The van der Waals surface area contributed by atoms with E-state index < -0.39 is 5.97 Å². The summed E-state index contributed by atoms with van der Waals surface area (Å²) in [5, 5.41) is 8.45. The van der Waals surface area contributed by atoms with Crippen LogP contribution in [0.4, 0.5) is 0 Å². The molecule has 1 aromatic rings. The molecular weight excluding hydrogens is 212 g/mol. The first-order valence-corrected chi connectivity index (χ1v) is 5.94.